The van der Waals surface area contributed by atoms with Crippen LogP contribution < -0.4 is 10.1 Å². The van der Waals surface area contributed by atoms with Gasteiger partial charge in [0.2, 0.25) is 5.91 Å². The maximum absolute atomic E-state index is 12.8. The summed E-state index contributed by atoms with van der Waals surface area (Å²) in [6.45, 7) is 1.90. The molecule has 3 aliphatic heterocycles. The molecule has 1 aromatic rings. The summed E-state index contributed by atoms with van der Waals surface area (Å²) in [5.41, 5.74) is 2.59. The molecule has 0 radical (unpaired) electrons. The van der Waals surface area contributed by atoms with E-state index in [-0.39, 0.29) is 12.0 Å². The van der Waals surface area contributed by atoms with Crippen LogP contribution in [-0.2, 0) is 11.2 Å². The lowest BCUT2D eigenvalue weighted by atomic mass is 9.77. The zero-order chi connectivity index (χ0) is 14.4. The van der Waals surface area contributed by atoms with E-state index in [4.69, 9.17) is 4.74 Å². The molecule has 0 saturated carbocycles. The van der Waals surface area contributed by atoms with Crippen LogP contribution in [0.2, 0.25) is 0 Å². The van der Waals surface area contributed by atoms with Crippen molar-refractivity contribution in [3.8, 4) is 5.75 Å². The monoisotopic (exact) mass is 286 g/mol. The summed E-state index contributed by atoms with van der Waals surface area (Å²) in [5, 5.41) is 3.56. The number of methoxy groups -OCH3 is 1. The molecule has 3 unspecified atom stereocenters. The van der Waals surface area contributed by atoms with Crippen LogP contribution in [0.4, 0.5) is 0 Å². The quantitative estimate of drug-likeness (QED) is 0.857. The van der Waals surface area contributed by atoms with Gasteiger partial charge in [0.05, 0.1) is 19.1 Å². The van der Waals surface area contributed by atoms with Crippen molar-refractivity contribution >= 4 is 5.91 Å². The maximum atomic E-state index is 12.8. The van der Waals surface area contributed by atoms with Gasteiger partial charge in [0.1, 0.15) is 5.75 Å². The van der Waals surface area contributed by atoms with Gasteiger partial charge in [-0.15, -0.1) is 0 Å². The summed E-state index contributed by atoms with van der Waals surface area (Å²) in [5.74, 6) is 1.47. The molecular weight excluding hydrogens is 264 g/mol. The number of piperidine rings is 2. The average molecular weight is 286 g/mol. The Morgan fingerprint density at radius 1 is 1.38 bits per heavy atom. The van der Waals surface area contributed by atoms with Crippen molar-refractivity contribution in [1.82, 2.24) is 10.2 Å². The minimum Gasteiger partial charge on any atom is -0.496 e. The fourth-order valence-electron chi connectivity index (χ4n) is 4.37. The number of ether oxygens (including phenoxy) is 1. The van der Waals surface area contributed by atoms with Crippen LogP contribution in [0.5, 0.6) is 5.75 Å². The lowest BCUT2D eigenvalue weighted by molar-refractivity contribution is -0.145. The lowest BCUT2D eigenvalue weighted by Crippen LogP contribution is -2.57. The molecule has 2 saturated heterocycles. The van der Waals surface area contributed by atoms with Crippen molar-refractivity contribution in [1.29, 1.82) is 0 Å². The largest absolute Gasteiger partial charge is 0.496 e. The van der Waals surface area contributed by atoms with Gasteiger partial charge in [0, 0.05) is 18.2 Å². The summed E-state index contributed by atoms with van der Waals surface area (Å²) in [6, 6.07) is 6.78. The smallest absolute Gasteiger partial charge is 0.227 e. The highest BCUT2D eigenvalue weighted by Crippen LogP contribution is 2.44. The molecule has 2 fully saturated rings. The van der Waals surface area contributed by atoms with Crippen LogP contribution in [0.25, 0.3) is 0 Å². The van der Waals surface area contributed by atoms with Gasteiger partial charge in [0.15, 0.2) is 0 Å². The zero-order valence-corrected chi connectivity index (χ0v) is 12.5. The molecule has 0 aliphatic carbocycles. The molecule has 0 bridgehead atoms. The van der Waals surface area contributed by atoms with Crippen LogP contribution in [-0.4, -0.2) is 37.0 Å². The van der Waals surface area contributed by atoms with Gasteiger partial charge in [-0.3, -0.25) is 4.79 Å². The molecule has 3 atom stereocenters. The molecule has 4 rings (SSSR count). The summed E-state index contributed by atoms with van der Waals surface area (Å²) in [7, 11) is 1.72. The van der Waals surface area contributed by atoms with E-state index in [2.05, 4.69) is 22.3 Å². The van der Waals surface area contributed by atoms with Crippen molar-refractivity contribution < 1.29 is 9.53 Å². The Hall–Kier alpha value is -1.55. The van der Waals surface area contributed by atoms with Crippen LogP contribution in [0.15, 0.2) is 18.2 Å². The third-order valence-electron chi connectivity index (χ3n) is 5.37. The summed E-state index contributed by atoms with van der Waals surface area (Å²) < 4.78 is 5.57. The Kier molecular flexibility index (Phi) is 3.14. The van der Waals surface area contributed by atoms with Crippen LogP contribution in [0, 0.1) is 5.92 Å². The Labute approximate surface area is 125 Å². The van der Waals surface area contributed by atoms with Crippen LogP contribution in [0.1, 0.15) is 36.4 Å². The molecule has 1 aromatic carbocycles. The van der Waals surface area contributed by atoms with Crippen LogP contribution in [0.3, 0.4) is 0 Å². The fourth-order valence-corrected chi connectivity index (χ4v) is 4.37. The van der Waals surface area contributed by atoms with E-state index in [1.54, 1.807) is 7.11 Å². The first-order valence-corrected chi connectivity index (χ1v) is 7.99. The highest BCUT2D eigenvalue weighted by molar-refractivity contribution is 5.82. The van der Waals surface area contributed by atoms with E-state index >= 15 is 0 Å². The van der Waals surface area contributed by atoms with Crippen molar-refractivity contribution in [2.45, 2.75) is 37.8 Å². The lowest BCUT2D eigenvalue weighted by Gasteiger charge is -2.48. The Bertz CT molecular complexity index is 558. The Balaban J connectivity index is 1.75. The van der Waals surface area contributed by atoms with Gasteiger partial charge in [-0.25, -0.2) is 0 Å². The molecule has 1 amide bonds. The molecule has 0 aromatic heterocycles. The van der Waals surface area contributed by atoms with Crippen LogP contribution >= 0.6 is 0 Å². The molecule has 0 spiro atoms. The fraction of sp³-hybridized carbons (Fsp3) is 0.588. The second-order valence-electron chi connectivity index (χ2n) is 6.38. The number of nitrogens with zero attached hydrogens (tertiary/aromatic N) is 1. The van der Waals surface area contributed by atoms with Gasteiger partial charge < -0.3 is 15.0 Å². The second kappa shape index (κ2) is 5.02. The molecule has 21 heavy (non-hydrogen) atoms. The third-order valence-corrected chi connectivity index (χ3v) is 5.37. The summed E-state index contributed by atoms with van der Waals surface area (Å²) >= 11 is 0. The standard InChI is InChI=1S/C17H22N2O2/c1-21-15-6-2-4-11-7-9-19-14(16(11)15)10-13-12(17(19)20)5-3-8-18-13/h2,4,6,12-14,18H,3,5,7-10H2,1H3. The van der Waals surface area contributed by atoms with Gasteiger partial charge in [-0.2, -0.15) is 0 Å². The van der Waals surface area contributed by atoms with Gasteiger partial charge in [-0.05, 0) is 43.9 Å². The first kappa shape index (κ1) is 13.1. The predicted molar refractivity (Wildman–Crippen MR) is 80.3 cm³/mol. The number of nitrogens with one attached hydrogen (secondary N) is 1. The molecule has 3 aliphatic rings. The molecule has 3 heterocycles. The van der Waals surface area contributed by atoms with E-state index < -0.39 is 0 Å². The van der Waals surface area contributed by atoms with E-state index in [0.29, 0.717) is 11.9 Å². The number of rotatable bonds is 1. The minimum absolute atomic E-state index is 0.184. The van der Waals surface area contributed by atoms with Crippen molar-refractivity contribution in [3.05, 3.63) is 29.3 Å². The second-order valence-corrected chi connectivity index (χ2v) is 6.38. The predicted octanol–water partition coefficient (Wildman–Crippen LogP) is 1.89. The third kappa shape index (κ3) is 1.96. The first-order valence-electron chi connectivity index (χ1n) is 7.99. The van der Waals surface area contributed by atoms with Crippen molar-refractivity contribution in [2.24, 2.45) is 5.92 Å². The van der Waals surface area contributed by atoms with Gasteiger partial charge >= 0.3 is 0 Å². The SMILES string of the molecule is COc1cccc2c1C1CC3NCCCC3C(=O)N1CC2. The highest BCUT2D eigenvalue weighted by Gasteiger charge is 2.45. The maximum Gasteiger partial charge on any atom is 0.227 e. The normalized spacial score (nSPS) is 31.2. The van der Waals surface area contributed by atoms with E-state index in [1.807, 2.05) is 6.07 Å². The van der Waals surface area contributed by atoms with E-state index in [9.17, 15) is 4.79 Å². The summed E-state index contributed by atoms with van der Waals surface area (Å²) in [6.07, 6.45) is 4.12. The highest BCUT2D eigenvalue weighted by atomic mass is 16.5. The number of hydrogen-bond acceptors (Lipinski definition) is 3. The van der Waals surface area contributed by atoms with Crippen molar-refractivity contribution in [3.63, 3.8) is 0 Å². The average Bonchev–Trinajstić information content (AvgIpc) is 2.54. The van der Waals surface area contributed by atoms with E-state index in [1.165, 1.54) is 11.1 Å². The van der Waals surface area contributed by atoms with Gasteiger partial charge in [0.25, 0.3) is 0 Å². The number of carbonyl (C=O) groups is 1. The Morgan fingerprint density at radius 3 is 3.14 bits per heavy atom. The van der Waals surface area contributed by atoms with Gasteiger partial charge in [-0.1, -0.05) is 12.1 Å². The molecule has 4 heteroatoms. The summed E-state index contributed by atoms with van der Waals surface area (Å²) in [4.78, 5) is 15.0. The number of amides is 1. The molecular formula is C17H22N2O2. The number of hydrogen-bond donors (Lipinski definition) is 1. The van der Waals surface area contributed by atoms with E-state index in [0.717, 1.165) is 44.5 Å². The minimum atomic E-state index is 0.184. The zero-order valence-electron chi connectivity index (χ0n) is 12.5. The number of benzene rings is 1. The number of fused-ring (bicyclic) bond motifs is 4. The molecule has 4 nitrogen and oxygen atoms in total. The molecule has 112 valence electrons. The topological polar surface area (TPSA) is 41.6 Å². The van der Waals surface area contributed by atoms with Crippen molar-refractivity contribution in [2.75, 3.05) is 20.2 Å². The Morgan fingerprint density at radius 2 is 2.29 bits per heavy atom. The molecule has 1 N–H and O–H groups in total. The number of carbonyl (C=O) groups excluding carboxylic acids is 1. The first-order chi connectivity index (χ1) is 10.3.